The average molecular weight is 323 g/mol. The number of nitrogens with one attached hydrogen (secondary N) is 3. The quantitative estimate of drug-likeness (QED) is 0.645. The van der Waals surface area contributed by atoms with Crippen LogP contribution in [0.15, 0.2) is 21.8 Å². The second-order valence-corrected chi connectivity index (χ2v) is 4.72. The van der Waals surface area contributed by atoms with Crippen molar-refractivity contribution in [2.45, 2.75) is 0 Å². The van der Waals surface area contributed by atoms with E-state index in [2.05, 4.69) is 36.8 Å². The number of rotatable bonds is 1. The number of nitrogens with zero attached hydrogens (tertiary/aromatic N) is 1. The number of hydrogen-bond donors (Lipinski definition) is 4. The number of benzene rings is 1. The van der Waals surface area contributed by atoms with Crippen molar-refractivity contribution in [1.29, 1.82) is 0 Å². The van der Waals surface area contributed by atoms with Crippen LogP contribution in [0, 0.1) is 0 Å². The Morgan fingerprint density at radius 3 is 2.95 bits per heavy atom. The molecule has 0 unspecified atom stereocenters. The minimum atomic E-state index is -1.19. The van der Waals surface area contributed by atoms with Gasteiger partial charge in [-0.25, -0.2) is 10.2 Å². The normalized spacial score (nSPS) is 13.2. The first-order valence-electron chi connectivity index (χ1n) is 5.25. The van der Waals surface area contributed by atoms with Gasteiger partial charge in [-0.15, -0.1) is 0 Å². The van der Waals surface area contributed by atoms with Crippen molar-refractivity contribution in [2.75, 3.05) is 5.32 Å². The molecule has 0 atom stereocenters. The Morgan fingerprint density at radius 1 is 1.42 bits per heavy atom. The van der Waals surface area contributed by atoms with Gasteiger partial charge in [0.1, 0.15) is 0 Å². The summed E-state index contributed by atoms with van der Waals surface area (Å²) in [6.07, 6.45) is 0.337. The number of aromatic amines is 1. The predicted octanol–water partition coefficient (Wildman–Crippen LogP) is 2.10. The van der Waals surface area contributed by atoms with Crippen molar-refractivity contribution in [2.24, 2.45) is 5.10 Å². The summed E-state index contributed by atoms with van der Waals surface area (Å²) >= 11 is 3.35. The zero-order valence-electron chi connectivity index (χ0n) is 9.32. The maximum atomic E-state index is 11.9. The van der Waals surface area contributed by atoms with Crippen molar-refractivity contribution >= 4 is 50.7 Å². The van der Waals surface area contributed by atoms with Crippen LogP contribution in [0.4, 0.5) is 10.5 Å². The third-order valence-electron chi connectivity index (χ3n) is 2.74. The lowest BCUT2D eigenvalue weighted by Gasteiger charge is -2.05. The Balaban J connectivity index is 2.32. The van der Waals surface area contributed by atoms with Crippen LogP contribution in [0.2, 0.25) is 0 Å². The fourth-order valence-electron chi connectivity index (χ4n) is 2.04. The predicted molar refractivity (Wildman–Crippen MR) is 72.7 cm³/mol. The van der Waals surface area contributed by atoms with Gasteiger partial charge in [0, 0.05) is 22.2 Å². The highest BCUT2D eigenvalue weighted by Crippen LogP contribution is 2.31. The van der Waals surface area contributed by atoms with Crippen molar-refractivity contribution in [3.63, 3.8) is 0 Å². The van der Waals surface area contributed by atoms with Crippen LogP contribution in [0.5, 0.6) is 0 Å². The third kappa shape index (κ3) is 1.85. The maximum Gasteiger partial charge on any atom is 0.409 e. The van der Waals surface area contributed by atoms with Crippen LogP contribution in [0.1, 0.15) is 15.9 Å². The third-order valence-corrected chi connectivity index (χ3v) is 3.37. The van der Waals surface area contributed by atoms with E-state index in [1.807, 2.05) is 0 Å². The van der Waals surface area contributed by atoms with Gasteiger partial charge in [-0.3, -0.25) is 10.1 Å². The molecule has 0 saturated carbocycles. The molecule has 1 aliphatic heterocycles. The van der Waals surface area contributed by atoms with E-state index >= 15 is 0 Å². The molecule has 4 N–H and O–H groups in total. The first kappa shape index (κ1) is 11.7. The van der Waals surface area contributed by atoms with Gasteiger partial charge >= 0.3 is 6.09 Å². The van der Waals surface area contributed by atoms with Gasteiger partial charge in [0.25, 0.3) is 5.91 Å². The fraction of sp³-hybridized carbons (Fsp3) is 0. The molecule has 0 radical (unpaired) electrons. The molecule has 0 aliphatic carbocycles. The zero-order valence-corrected chi connectivity index (χ0v) is 10.9. The summed E-state index contributed by atoms with van der Waals surface area (Å²) < 4.78 is 0.677. The molecule has 3 rings (SSSR count). The summed E-state index contributed by atoms with van der Waals surface area (Å²) in [5, 5.41) is 15.5. The number of aromatic nitrogens is 1. The fourth-order valence-corrected chi connectivity index (χ4v) is 2.55. The summed E-state index contributed by atoms with van der Waals surface area (Å²) in [5.41, 5.74) is 4.42. The van der Waals surface area contributed by atoms with E-state index in [9.17, 15) is 9.59 Å². The number of halogens is 1. The van der Waals surface area contributed by atoms with E-state index in [4.69, 9.17) is 5.11 Å². The second kappa shape index (κ2) is 4.09. The number of hydrogen-bond acceptors (Lipinski definition) is 3. The summed E-state index contributed by atoms with van der Waals surface area (Å²) in [6.45, 7) is 0. The van der Waals surface area contributed by atoms with Crippen molar-refractivity contribution in [3.05, 3.63) is 27.9 Å². The second-order valence-electron chi connectivity index (χ2n) is 3.93. The average Bonchev–Trinajstić information content (AvgIpc) is 2.52. The highest BCUT2D eigenvalue weighted by atomic mass is 79.9. The molecule has 0 spiro atoms. The van der Waals surface area contributed by atoms with Crippen molar-refractivity contribution in [3.8, 4) is 0 Å². The SMILES string of the molecule is O=C(O)Nc1cc2c3c(c(Br)[nH]c3c1)C=NNC2=O. The van der Waals surface area contributed by atoms with Crippen LogP contribution in [-0.4, -0.2) is 28.3 Å². The molecule has 0 fully saturated rings. The first-order chi connectivity index (χ1) is 9.06. The van der Waals surface area contributed by atoms with Gasteiger partial charge in [-0.2, -0.15) is 5.10 Å². The Bertz CT molecular complexity index is 750. The highest BCUT2D eigenvalue weighted by molar-refractivity contribution is 9.10. The van der Waals surface area contributed by atoms with Crippen LogP contribution in [-0.2, 0) is 0 Å². The van der Waals surface area contributed by atoms with Gasteiger partial charge < -0.3 is 10.1 Å². The molecule has 0 saturated heterocycles. The Hall–Kier alpha value is -2.35. The molecule has 0 bridgehead atoms. The van der Waals surface area contributed by atoms with Gasteiger partial charge in [-0.1, -0.05) is 0 Å². The van der Waals surface area contributed by atoms with E-state index < -0.39 is 6.09 Å². The number of anilines is 1. The minimum Gasteiger partial charge on any atom is -0.465 e. The molecule has 1 aliphatic rings. The smallest absolute Gasteiger partial charge is 0.409 e. The van der Waals surface area contributed by atoms with Crippen molar-refractivity contribution < 1.29 is 14.7 Å². The monoisotopic (exact) mass is 322 g/mol. The standard InChI is InChI=1S/C11H7BrN4O3/c12-9-6-3-13-16-10(17)5-1-4(14-11(18)19)2-7(15-9)8(5)6/h1-3,14-15H,(H,16,17)(H,18,19). The molecule has 19 heavy (non-hydrogen) atoms. The lowest BCUT2D eigenvalue weighted by Crippen LogP contribution is -2.17. The van der Waals surface area contributed by atoms with Crippen LogP contribution < -0.4 is 10.7 Å². The number of amides is 2. The first-order valence-corrected chi connectivity index (χ1v) is 6.04. The number of carbonyl (C=O) groups excluding carboxylic acids is 1. The summed E-state index contributed by atoms with van der Waals surface area (Å²) in [4.78, 5) is 25.6. The number of H-pyrrole nitrogens is 1. The topological polar surface area (TPSA) is 107 Å². The highest BCUT2D eigenvalue weighted by Gasteiger charge is 2.20. The molecular weight excluding hydrogens is 316 g/mol. The number of carbonyl (C=O) groups is 2. The minimum absolute atomic E-state index is 0.312. The number of hydrazone groups is 1. The summed E-state index contributed by atoms with van der Waals surface area (Å²) in [7, 11) is 0. The Labute approximate surface area is 114 Å². The number of carboxylic acid groups (broad SMARTS) is 1. The van der Waals surface area contributed by atoms with E-state index in [1.54, 1.807) is 6.07 Å². The maximum absolute atomic E-state index is 11.9. The largest absolute Gasteiger partial charge is 0.465 e. The molecule has 1 aromatic heterocycles. The van der Waals surface area contributed by atoms with E-state index in [-0.39, 0.29) is 5.91 Å². The Kier molecular flexibility index (Phi) is 2.53. The van der Waals surface area contributed by atoms with Crippen LogP contribution in [0.25, 0.3) is 10.9 Å². The van der Waals surface area contributed by atoms with E-state index in [0.717, 1.165) is 5.56 Å². The molecule has 2 amide bonds. The summed E-state index contributed by atoms with van der Waals surface area (Å²) in [5.74, 6) is -0.388. The molecule has 7 nitrogen and oxygen atoms in total. The molecule has 2 heterocycles. The van der Waals surface area contributed by atoms with Crippen molar-refractivity contribution in [1.82, 2.24) is 10.4 Å². The van der Waals surface area contributed by atoms with Gasteiger partial charge in [0.2, 0.25) is 0 Å². The Morgan fingerprint density at radius 2 is 2.21 bits per heavy atom. The van der Waals surface area contributed by atoms with E-state index in [1.165, 1.54) is 12.3 Å². The molecule has 1 aromatic carbocycles. The lowest BCUT2D eigenvalue weighted by atomic mass is 10.1. The molecule has 2 aromatic rings. The van der Waals surface area contributed by atoms with Crippen LogP contribution >= 0.6 is 15.9 Å². The van der Waals surface area contributed by atoms with Gasteiger partial charge in [-0.05, 0) is 28.1 Å². The van der Waals surface area contributed by atoms with Crippen LogP contribution in [0.3, 0.4) is 0 Å². The lowest BCUT2D eigenvalue weighted by molar-refractivity contribution is 0.0957. The molecule has 96 valence electrons. The molecule has 8 heteroatoms. The van der Waals surface area contributed by atoms with Gasteiger partial charge in [0.15, 0.2) is 0 Å². The zero-order chi connectivity index (χ0) is 13.6. The van der Waals surface area contributed by atoms with E-state index in [0.29, 0.717) is 26.8 Å². The summed E-state index contributed by atoms with van der Waals surface area (Å²) in [6, 6.07) is 3.10. The molecular formula is C11H7BrN4O3. The van der Waals surface area contributed by atoms with Gasteiger partial charge in [0.05, 0.1) is 16.4 Å².